The second kappa shape index (κ2) is 10.5. The Morgan fingerprint density at radius 2 is 1.76 bits per heavy atom. The molecule has 2 aromatic carbocycles. The Kier molecular flexibility index (Phi) is 7.30. The number of benzene rings is 2. The van der Waals surface area contributed by atoms with E-state index in [0.717, 1.165) is 35.1 Å². The average Bonchev–Trinajstić information content (AvgIpc) is 3.43. The van der Waals surface area contributed by atoms with Gasteiger partial charge in [-0.25, -0.2) is 4.79 Å². The lowest BCUT2D eigenvalue weighted by atomic mass is 9.98. The van der Waals surface area contributed by atoms with Gasteiger partial charge in [-0.15, -0.1) is 6.58 Å². The van der Waals surface area contributed by atoms with Gasteiger partial charge in [-0.05, 0) is 47.4 Å². The van der Waals surface area contributed by atoms with Crippen LogP contribution >= 0.6 is 0 Å². The summed E-state index contributed by atoms with van der Waals surface area (Å²) >= 11 is 0. The third-order valence-electron chi connectivity index (χ3n) is 6.68. The highest BCUT2D eigenvalue weighted by Crippen LogP contribution is 2.44. The zero-order chi connectivity index (χ0) is 24.1. The lowest BCUT2D eigenvalue weighted by Gasteiger charge is -2.24. The van der Waals surface area contributed by atoms with Crippen LogP contribution in [-0.2, 0) is 14.3 Å². The van der Waals surface area contributed by atoms with Crippen molar-refractivity contribution in [3.8, 4) is 11.1 Å². The van der Waals surface area contributed by atoms with Crippen molar-refractivity contribution in [1.82, 2.24) is 10.2 Å². The Morgan fingerprint density at radius 1 is 1.12 bits per heavy atom. The molecule has 0 spiro atoms. The fourth-order valence-electron chi connectivity index (χ4n) is 4.99. The minimum Gasteiger partial charge on any atom is -0.481 e. The summed E-state index contributed by atoms with van der Waals surface area (Å²) in [7, 11) is 0. The maximum atomic E-state index is 13.1. The van der Waals surface area contributed by atoms with Gasteiger partial charge >= 0.3 is 12.1 Å². The molecule has 2 aliphatic rings. The van der Waals surface area contributed by atoms with Crippen LogP contribution in [0.25, 0.3) is 11.1 Å². The zero-order valence-electron chi connectivity index (χ0n) is 19.1. The first-order valence-corrected chi connectivity index (χ1v) is 11.7. The Bertz CT molecular complexity index is 1040. The lowest BCUT2D eigenvalue weighted by Crippen LogP contribution is -2.48. The van der Waals surface area contributed by atoms with Crippen molar-refractivity contribution in [2.45, 2.75) is 37.6 Å². The molecule has 178 valence electrons. The number of allylic oxidation sites excluding steroid dienone is 1. The van der Waals surface area contributed by atoms with E-state index >= 15 is 0 Å². The van der Waals surface area contributed by atoms with E-state index in [2.05, 4.69) is 24.0 Å². The van der Waals surface area contributed by atoms with Crippen LogP contribution in [0.2, 0.25) is 0 Å². The van der Waals surface area contributed by atoms with E-state index < -0.39 is 18.1 Å². The van der Waals surface area contributed by atoms with Gasteiger partial charge in [-0.3, -0.25) is 9.59 Å². The topological polar surface area (TPSA) is 95.9 Å². The van der Waals surface area contributed by atoms with Crippen molar-refractivity contribution in [1.29, 1.82) is 0 Å². The van der Waals surface area contributed by atoms with E-state index in [1.54, 1.807) is 4.90 Å². The first kappa shape index (κ1) is 23.5. The van der Waals surface area contributed by atoms with Gasteiger partial charge < -0.3 is 20.1 Å². The van der Waals surface area contributed by atoms with Gasteiger partial charge in [-0.2, -0.15) is 0 Å². The molecule has 2 atom stereocenters. The number of amides is 2. The number of fused-ring (bicyclic) bond motifs is 3. The molecular weight excluding hydrogens is 432 g/mol. The number of ether oxygens (including phenoxy) is 1. The smallest absolute Gasteiger partial charge is 0.407 e. The van der Waals surface area contributed by atoms with Crippen molar-refractivity contribution in [2.75, 3.05) is 19.7 Å². The number of carbonyl (C=O) groups is 3. The molecule has 2 aromatic rings. The normalized spacial score (nSPS) is 17.5. The summed E-state index contributed by atoms with van der Waals surface area (Å²) in [6.07, 6.45) is 2.62. The fraction of sp³-hybridized carbons (Fsp3) is 0.370. The number of carbonyl (C=O) groups excluding carboxylic acids is 2. The number of hydrogen-bond donors (Lipinski definition) is 2. The molecule has 1 aliphatic carbocycles. The molecule has 0 radical (unpaired) electrons. The van der Waals surface area contributed by atoms with Crippen LogP contribution in [0.5, 0.6) is 0 Å². The molecule has 34 heavy (non-hydrogen) atoms. The number of rotatable bonds is 9. The minimum atomic E-state index is -1.02. The molecule has 7 nitrogen and oxygen atoms in total. The van der Waals surface area contributed by atoms with Crippen LogP contribution in [-0.4, -0.2) is 53.7 Å². The predicted molar refractivity (Wildman–Crippen MR) is 128 cm³/mol. The minimum absolute atomic E-state index is 0.0149. The van der Waals surface area contributed by atoms with Crippen LogP contribution in [0.3, 0.4) is 0 Å². The SMILES string of the molecule is C=CCC1CCN(C(=O)C(CCC(=O)O)NC(=O)OCC2c3ccccc3-c3ccccc32)C1. The molecule has 2 N–H and O–H groups in total. The zero-order valence-corrected chi connectivity index (χ0v) is 19.1. The third-order valence-corrected chi connectivity index (χ3v) is 6.68. The number of nitrogens with zero attached hydrogens (tertiary/aromatic N) is 1. The quantitative estimate of drug-likeness (QED) is 0.545. The van der Waals surface area contributed by atoms with E-state index in [4.69, 9.17) is 9.84 Å². The fourth-order valence-corrected chi connectivity index (χ4v) is 4.99. The molecule has 1 heterocycles. The maximum Gasteiger partial charge on any atom is 0.407 e. The van der Waals surface area contributed by atoms with Gasteiger partial charge in [0.15, 0.2) is 0 Å². The van der Waals surface area contributed by atoms with Crippen molar-refractivity contribution < 1.29 is 24.2 Å². The van der Waals surface area contributed by atoms with Crippen molar-refractivity contribution in [3.63, 3.8) is 0 Å². The van der Waals surface area contributed by atoms with E-state index in [-0.39, 0.29) is 31.3 Å². The van der Waals surface area contributed by atoms with Crippen LogP contribution in [0.1, 0.15) is 42.7 Å². The van der Waals surface area contributed by atoms with Gasteiger partial charge in [0.25, 0.3) is 0 Å². The second-order valence-electron chi connectivity index (χ2n) is 8.92. The summed E-state index contributed by atoms with van der Waals surface area (Å²) in [4.78, 5) is 38.6. The Balaban J connectivity index is 1.41. The highest BCUT2D eigenvalue weighted by Gasteiger charge is 2.33. The van der Waals surface area contributed by atoms with Crippen molar-refractivity contribution in [3.05, 3.63) is 72.3 Å². The van der Waals surface area contributed by atoms with Crippen LogP contribution in [0.4, 0.5) is 4.79 Å². The number of alkyl carbamates (subject to hydrolysis) is 1. The molecule has 1 aliphatic heterocycles. The summed E-state index contributed by atoms with van der Waals surface area (Å²) in [5, 5.41) is 11.7. The van der Waals surface area contributed by atoms with E-state index in [9.17, 15) is 14.4 Å². The summed E-state index contributed by atoms with van der Waals surface area (Å²) in [5.41, 5.74) is 4.45. The number of aliphatic carboxylic acids is 1. The van der Waals surface area contributed by atoms with Crippen molar-refractivity contribution >= 4 is 18.0 Å². The second-order valence-corrected chi connectivity index (χ2v) is 8.92. The molecule has 0 bridgehead atoms. The Hall–Kier alpha value is -3.61. The predicted octanol–water partition coefficient (Wildman–Crippen LogP) is 4.18. The maximum absolute atomic E-state index is 13.1. The molecule has 4 rings (SSSR count). The number of hydrogen-bond acceptors (Lipinski definition) is 4. The van der Waals surface area contributed by atoms with E-state index in [1.807, 2.05) is 42.5 Å². The van der Waals surface area contributed by atoms with Gasteiger partial charge in [0.1, 0.15) is 12.6 Å². The third kappa shape index (κ3) is 5.14. The number of carboxylic acids is 1. The summed E-state index contributed by atoms with van der Waals surface area (Å²) in [6.45, 7) is 5.06. The summed E-state index contributed by atoms with van der Waals surface area (Å²) in [6, 6.07) is 15.2. The van der Waals surface area contributed by atoms with Crippen LogP contribution < -0.4 is 5.32 Å². The number of carboxylic acid groups (broad SMARTS) is 1. The molecule has 7 heteroatoms. The average molecular weight is 463 g/mol. The van der Waals surface area contributed by atoms with Crippen LogP contribution in [0, 0.1) is 5.92 Å². The molecule has 0 saturated carbocycles. The van der Waals surface area contributed by atoms with Gasteiger partial charge in [-0.1, -0.05) is 54.6 Å². The largest absolute Gasteiger partial charge is 0.481 e. The lowest BCUT2D eigenvalue weighted by molar-refractivity contribution is -0.137. The van der Waals surface area contributed by atoms with Gasteiger partial charge in [0, 0.05) is 25.4 Å². The molecule has 2 unspecified atom stereocenters. The number of nitrogens with one attached hydrogen (secondary N) is 1. The first-order chi connectivity index (χ1) is 16.5. The molecule has 0 aromatic heterocycles. The Morgan fingerprint density at radius 3 is 2.38 bits per heavy atom. The first-order valence-electron chi connectivity index (χ1n) is 11.7. The Labute approximate surface area is 199 Å². The van der Waals surface area contributed by atoms with E-state index in [1.165, 1.54) is 0 Å². The van der Waals surface area contributed by atoms with Crippen LogP contribution in [0.15, 0.2) is 61.2 Å². The molecular formula is C27H30N2O5. The highest BCUT2D eigenvalue weighted by atomic mass is 16.5. The summed E-state index contributed by atoms with van der Waals surface area (Å²) < 4.78 is 5.57. The van der Waals surface area contributed by atoms with Gasteiger partial charge in [0.2, 0.25) is 5.91 Å². The van der Waals surface area contributed by atoms with Gasteiger partial charge in [0.05, 0.1) is 0 Å². The highest BCUT2D eigenvalue weighted by molar-refractivity contribution is 5.86. The monoisotopic (exact) mass is 462 g/mol. The number of likely N-dealkylation sites (tertiary alicyclic amines) is 1. The molecule has 1 fully saturated rings. The summed E-state index contributed by atoms with van der Waals surface area (Å²) in [5.74, 6) is -1.03. The molecule has 2 amide bonds. The van der Waals surface area contributed by atoms with E-state index in [0.29, 0.717) is 19.0 Å². The molecule has 1 saturated heterocycles. The standard InChI is InChI=1S/C27H30N2O5/c1-2-7-18-14-15-29(16-18)26(32)24(12-13-25(30)31)28-27(33)34-17-23-21-10-5-3-8-19(21)20-9-4-6-11-22(20)23/h2-6,8-11,18,23-24H,1,7,12-17H2,(H,28,33)(H,30,31). The van der Waals surface area contributed by atoms with Crippen molar-refractivity contribution in [2.24, 2.45) is 5.92 Å².